The third-order valence-electron chi connectivity index (χ3n) is 5.03. The van der Waals surface area contributed by atoms with E-state index in [1.807, 2.05) is 32.3 Å². The number of carbonyl (C=O) groups is 1. The van der Waals surface area contributed by atoms with Crippen LogP contribution >= 0.6 is 0 Å². The number of aromatic nitrogens is 4. The molecule has 0 radical (unpaired) electrons. The zero-order valence-corrected chi connectivity index (χ0v) is 16.7. The third-order valence-corrected chi connectivity index (χ3v) is 5.03. The summed E-state index contributed by atoms with van der Waals surface area (Å²) in [6.45, 7) is 1.91. The molecule has 8 heteroatoms. The van der Waals surface area contributed by atoms with Gasteiger partial charge < -0.3 is 4.74 Å². The Bertz CT molecular complexity index is 1160. The minimum Gasteiger partial charge on any atom is -0.489 e. The maximum Gasteiger partial charge on any atom is 0.296 e. The fourth-order valence-electron chi connectivity index (χ4n) is 3.65. The number of carbonyl (C=O) groups excluding carboxylic acids is 1. The van der Waals surface area contributed by atoms with Gasteiger partial charge in [-0.1, -0.05) is 25.1 Å². The van der Waals surface area contributed by atoms with Crippen LogP contribution in [-0.2, 0) is 14.1 Å². The van der Waals surface area contributed by atoms with E-state index >= 15 is 0 Å². The Hall–Kier alpha value is -3.73. The van der Waals surface area contributed by atoms with Gasteiger partial charge in [0.2, 0.25) is 5.75 Å². The lowest BCUT2D eigenvalue weighted by Crippen LogP contribution is -2.28. The number of rotatable bonds is 6. The summed E-state index contributed by atoms with van der Waals surface area (Å²) in [4.78, 5) is 28.6. The van der Waals surface area contributed by atoms with Gasteiger partial charge in [-0.3, -0.25) is 18.8 Å². The van der Waals surface area contributed by atoms with Crippen LogP contribution in [0.5, 0.6) is 5.75 Å². The van der Waals surface area contributed by atoms with Crippen LogP contribution < -0.4 is 10.3 Å². The van der Waals surface area contributed by atoms with Crippen molar-refractivity contribution in [2.24, 2.45) is 14.1 Å². The van der Waals surface area contributed by atoms with Crippen molar-refractivity contribution in [2.45, 2.75) is 18.8 Å². The highest BCUT2D eigenvalue weighted by Gasteiger charge is 2.30. The van der Waals surface area contributed by atoms with E-state index in [0.717, 1.165) is 11.1 Å². The quantitative estimate of drug-likeness (QED) is 0.597. The monoisotopic (exact) mass is 391 g/mol. The largest absolute Gasteiger partial charge is 0.489 e. The normalized spacial score (nSPS) is 12.8. The molecule has 1 aromatic carbocycles. The number of hydrogen-bond acceptors (Lipinski definition) is 6. The van der Waals surface area contributed by atoms with Crippen molar-refractivity contribution in [3.05, 3.63) is 75.2 Å². The summed E-state index contributed by atoms with van der Waals surface area (Å²) >= 11 is 0. The van der Waals surface area contributed by atoms with Gasteiger partial charge in [0.1, 0.15) is 5.82 Å². The molecule has 0 bridgehead atoms. The van der Waals surface area contributed by atoms with E-state index in [9.17, 15) is 14.9 Å². The van der Waals surface area contributed by atoms with Crippen molar-refractivity contribution in [3.63, 3.8) is 0 Å². The molecule has 0 spiro atoms. The first-order valence-corrected chi connectivity index (χ1v) is 9.00. The number of hydrogen-bond donors (Lipinski definition) is 0. The first kappa shape index (κ1) is 20.0. The smallest absolute Gasteiger partial charge is 0.296 e. The second kappa shape index (κ2) is 8.10. The number of benzene rings is 1. The lowest BCUT2D eigenvalue weighted by atomic mass is 9.80. The average Bonchev–Trinajstić information content (AvgIpc) is 3.15. The molecule has 0 aliphatic carbocycles. The fourth-order valence-corrected chi connectivity index (χ4v) is 3.65. The molecule has 0 saturated heterocycles. The molecule has 0 N–H and O–H groups in total. The molecule has 8 nitrogen and oxygen atoms in total. The summed E-state index contributed by atoms with van der Waals surface area (Å²) in [6.07, 6.45) is 4.12. The van der Waals surface area contributed by atoms with E-state index in [1.54, 1.807) is 30.1 Å². The molecular weight excluding hydrogens is 370 g/mol. The predicted molar refractivity (Wildman–Crippen MR) is 106 cm³/mol. The van der Waals surface area contributed by atoms with E-state index in [2.05, 4.69) is 16.2 Å². The molecule has 148 valence electrons. The van der Waals surface area contributed by atoms with E-state index in [1.165, 1.54) is 11.7 Å². The summed E-state index contributed by atoms with van der Waals surface area (Å²) < 4.78 is 8.13. The average molecular weight is 391 g/mol. The second-order valence-corrected chi connectivity index (χ2v) is 6.78. The van der Waals surface area contributed by atoms with Gasteiger partial charge in [-0.2, -0.15) is 10.4 Å². The van der Waals surface area contributed by atoms with Crippen LogP contribution in [0.2, 0.25) is 0 Å². The Labute approximate surface area is 168 Å². The fraction of sp³-hybridized carbons (Fsp3) is 0.286. The van der Waals surface area contributed by atoms with Gasteiger partial charge in [0.15, 0.2) is 12.0 Å². The molecule has 3 rings (SSSR count). The van der Waals surface area contributed by atoms with E-state index in [-0.39, 0.29) is 23.3 Å². The number of ether oxygens (including phenoxy) is 1. The molecule has 2 atom stereocenters. The highest BCUT2D eigenvalue weighted by Crippen LogP contribution is 2.38. The number of nitrogens with zero attached hydrogens (tertiary/aromatic N) is 5. The van der Waals surface area contributed by atoms with E-state index in [0.29, 0.717) is 17.7 Å². The zero-order chi connectivity index (χ0) is 21.1. The highest BCUT2D eigenvalue weighted by molar-refractivity contribution is 5.76. The van der Waals surface area contributed by atoms with Crippen LogP contribution in [0.25, 0.3) is 0 Å². The van der Waals surface area contributed by atoms with Crippen LogP contribution in [0.15, 0.2) is 41.5 Å². The van der Waals surface area contributed by atoms with Crippen molar-refractivity contribution < 1.29 is 9.53 Å². The summed E-state index contributed by atoms with van der Waals surface area (Å²) in [5.41, 5.74) is 1.72. The van der Waals surface area contributed by atoms with Crippen molar-refractivity contribution in [3.8, 4) is 11.8 Å². The van der Waals surface area contributed by atoms with Crippen LogP contribution in [0, 0.1) is 11.3 Å². The maximum absolute atomic E-state index is 12.7. The summed E-state index contributed by atoms with van der Waals surface area (Å²) in [6, 6.07) is 9.54. The second-order valence-electron chi connectivity index (χ2n) is 6.78. The zero-order valence-electron chi connectivity index (χ0n) is 16.7. The molecule has 0 amide bonds. The maximum atomic E-state index is 12.7. The summed E-state index contributed by atoms with van der Waals surface area (Å²) in [5, 5.41) is 13.9. The summed E-state index contributed by atoms with van der Waals surface area (Å²) in [5.74, 6) is -0.310. The first-order chi connectivity index (χ1) is 13.9. The van der Waals surface area contributed by atoms with Gasteiger partial charge in [-0.25, -0.2) is 4.98 Å². The van der Waals surface area contributed by atoms with Crippen LogP contribution in [0.1, 0.15) is 51.8 Å². The van der Waals surface area contributed by atoms with Crippen molar-refractivity contribution in [2.75, 3.05) is 7.11 Å². The molecule has 0 aliphatic rings. The third kappa shape index (κ3) is 3.55. The number of aryl methyl sites for hydroxylation is 1. The van der Waals surface area contributed by atoms with Crippen LogP contribution in [0.4, 0.5) is 0 Å². The minimum absolute atomic E-state index is 0.0454. The molecule has 0 fully saturated rings. The lowest BCUT2D eigenvalue weighted by molar-refractivity contribution is 0.111. The van der Waals surface area contributed by atoms with Gasteiger partial charge >= 0.3 is 0 Å². The molecule has 0 saturated carbocycles. The predicted octanol–water partition coefficient (Wildman–Crippen LogP) is 2.14. The van der Waals surface area contributed by atoms with Gasteiger partial charge in [0.25, 0.3) is 5.56 Å². The van der Waals surface area contributed by atoms with Crippen molar-refractivity contribution >= 4 is 6.29 Å². The lowest BCUT2D eigenvalue weighted by Gasteiger charge is -2.26. The minimum atomic E-state index is -0.440. The van der Waals surface area contributed by atoms with Crippen molar-refractivity contribution in [1.29, 1.82) is 5.26 Å². The molecule has 2 unspecified atom stereocenters. The number of methoxy groups -OCH3 is 1. The van der Waals surface area contributed by atoms with Crippen LogP contribution in [0.3, 0.4) is 0 Å². The Kier molecular flexibility index (Phi) is 5.59. The molecule has 2 aromatic heterocycles. The standard InChI is InChI=1S/C21H21N5O3/c1-13(20-24-17(12-27)19(29-4)21(28)26(20)3)18(15-10-23-25(2)11-15)16-8-6-5-7-14(16)9-22/h5-8,10-13,18H,1-4H3. The van der Waals surface area contributed by atoms with Gasteiger partial charge in [0, 0.05) is 32.1 Å². The Balaban J connectivity index is 2.25. The van der Waals surface area contributed by atoms with E-state index < -0.39 is 5.56 Å². The molecule has 2 heterocycles. The molecule has 29 heavy (non-hydrogen) atoms. The van der Waals surface area contributed by atoms with Gasteiger partial charge in [-0.15, -0.1) is 0 Å². The number of aldehydes is 1. The van der Waals surface area contributed by atoms with Crippen LogP contribution in [-0.4, -0.2) is 32.7 Å². The Morgan fingerprint density at radius 2 is 2.00 bits per heavy atom. The first-order valence-electron chi connectivity index (χ1n) is 9.00. The topological polar surface area (TPSA) is 103 Å². The molecular formula is C21H21N5O3. The van der Waals surface area contributed by atoms with Gasteiger partial charge in [-0.05, 0) is 17.2 Å². The molecule has 3 aromatic rings. The summed E-state index contributed by atoms with van der Waals surface area (Å²) in [7, 11) is 4.73. The Morgan fingerprint density at radius 1 is 1.28 bits per heavy atom. The molecule has 0 aliphatic heterocycles. The highest BCUT2D eigenvalue weighted by atomic mass is 16.5. The Morgan fingerprint density at radius 3 is 2.59 bits per heavy atom. The SMILES string of the molecule is COc1c(C=O)nc(C(C)C(c2cnn(C)c2)c2ccccc2C#N)n(C)c1=O. The van der Waals surface area contributed by atoms with E-state index in [4.69, 9.17) is 4.74 Å². The number of nitriles is 1. The van der Waals surface area contributed by atoms with Gasteiger partial charge in [0.05, 0.1) is 24.9 Å². The van der Waals surface area contributed by atoms with Crippen molar-refractivity contribution in [1.82, 2.24) is 19.3 Å².